The molecule has 0 bridgehead atoms. The first-order chi connectivity index (χ1) is 11.6. The maximum absolute atomic E-state index is 12.3. The summed E-state index contributed by atoms with van der Waals surface area (Å²) in [6.45, 7) is 5.10. The van der Waals surface area contributed by atoms with Crippen molar-refractivity contribution in [3.63, 3.8) is 0 Å². The number of pyridine rings is 1. The van der Waals surface area contributed by atoms with E-state index in [2.05, 4.69) is 22.5 Å². The molecule has 24 heavy (non-hydrogen) atoms. The van der Waals surface area contributed by atoms with E-state index in [1.54, 1.807) is 18.2 Å². The molecule has 2 N–H and O–H groups in total. The summed E-state index contributed by atoms with van der Waals surface area (Å²) < 4.78 is 0. The van der Waals surface area contributed by atoms with Gasteiger partial charge in [-0.3, -0.25) is 9.59 Å². The Kier molecular flexibility index (Phi) is 6.49. The maximum atomic E-state index is 12.3. The van der Waals surface area contributed by atoms with E-state index in [1.807, 2.05) is 31.2 Å². The lowest BCUT2D eigenvalue weighted by molar-refractivity contribution is 0.0942. The number of unbranched alkanes of at least 4 members (excludes halogenated alkanes) is 1. The van der Waals surface area contributed by atoms with E-state index in [4.69, 9.17) is 0 Å². The summed E-state index contributed by atoms with van der Waals surface area (Å²) in [6, 6.07) is 12.8. The second kappa shape index (κ2) is 8.82. The normalized spacial score (nSPS) is 10.2. The summed E-state index contributed by atoms with van der Waals surface area (Å²) >= 11 is 0. The molecule has 0 atom stereocenters. The zero-order chi connectivity index (χ0) is 17.4. The highest BCUT2D eigenvalue weighted by molar-refractivity contribution is 5.96. The second-order valence-electron chi connectivity index (χ2n) is 5.63. The van der Waals surface area contributed by atoms with Gasteiger partial charge in [0.05, 0.1) is 0 Å². The Labute approximate surface area is 142 Å². The fourth-order valence-electron chi connectivity index (χ4n) is 2.23. The third-order valence-electron chi connectivity index (χ3n) is 3.73. The van der Waals surface area contributed by atoms with Crippen molar-refractivity contribution >= 4 is 11.8 Å². The molecule has 5 nitrogen and oxygen atoms in total. The van der Waals surface area contributed by atoms with Crippen LogP contribution in [0, 0.1) is 6.92 Å². The molecule has 0 spiro atoms. The predicted octanol–water partition coefficient (Wildman–Crippen LogP) is 2.85. The van der Waals surface area contributed by atoms with Gasteiger partial charge in [-0.15, -0.1) is 0 Å². The van der Waals surface area contributed by atoms with E-state index < -0.39 is 0 Å². The number of nitrogens with zero attached hydrogens (tertiary/aromatic N) is 1. The maximum Gasteiger partial charge on any atom is 0.270 e. The minimum absolute atomic E-state index is 0.242. The van der Waals surface area contributed by atoms with Crippen LogP contribution in [0.25, 0.3) is 0 Å². The molecule has 2 aromatic rings. The Bertz CT molecular complexity index is 713. The Morgan fingerprint density at radius 1 is 0.958 bits per heavy atom. The lowest BCUT2D eigenvalue weighted by atomic mass is 10.1. The van der Waals surface area contributed by atoms with Crippen LogP contribution in [-0.4, -0.2) is 23.3 Å². The van der Waals surface area contributed by atoms with E-state index in [9.17, 15) is 9.59 Å². The van der Waals surface area contributed by atoms with Gasteiger partial charge >= 0.3 is 0 Å². The van der Waals surface area contributed by atoms with E-state index in [0.29, 0.717) is 13.1 Å². The van der Waals surface area contributed by atoms with Gasteiger partial charge in [0.15, 0.2) is 0 Å². The van der Waals surface area contributed by atoms with Crippen molar-refractivity contribution in [1.29, 1.82) is 0 Å². The van der Waals surface area contributed by atoms with Crippen molar-refractivity contribution < 1.29 is 9.59 Å². The van der Waals surface area contributed by atoms with Crippen molar-refractivity contribution in [2.75, 3.05) is 6.54 Å². The fourth-order valence-corrected chi connectivity index (χ4v) is 2.23. The van der Waals surface area contributed by atoms with Crippen LogP contribution in [0.2, 0.25) is 0 Å². The van der Waals surface area contributed by atoms with Crippen molar-refractivity contribution in [3.8, 4) is 0 Å². The Balaban J connectivity index is 1.98. The molecule has 0 aliphatic rings. The van der Waals surface area contributed by atoms with Crippen molar-refractivity contribution in [3.05, 3.63) is 65.0 Å². The topological polar surface area (TPSA) is 71.1 Å². The number of hydrogen-bond donors (Lipinski definition) is 2. The van der Waals surface area contributed by atoms with Crippen molar-refractivity contribution in [2.24, 2.45) is 0 Å². The number of hydrogen-bond acceptors (Lipinski definition) is 3. The van der Waals surface area contributed by atoms with Crippen LogP contribution in [0.4, 0.5) is 0 Å². The van der Waals surface area contributed by atoms with Gasteiger partial charge in [-0.1, -0.05) is 43.7 Å². The minimum Gasteiger partial charge on any atom is -0.351 e. The quantitative estimate of drug-likeness (QED) is 0.769. The number of carbonyl (C=O) groups excluding carboxylic acids is 2. The Hall–Kier alpha value is -2.69. The van der Waals surface area contributed by atoms with E-state index in [0.717, 1.165) is 24.0 Å². The summed E-state index contributed by atoms with van der Waals surface area (Å²) in [5.41, 5.74) is 2.68. The molecule has 2 amide bonds. The zero-order valence-electron chi connectivity index (χ0n) is 14.1. The van der Waals surface area contributed by atoms with Crippen LogP contribution in [0.5, 0.6) is 0 Å². The summed E-state index contributed by atoms with van der Waals surface area (Å²) in [7, 11) is 0. The lowest BCUT2D eigenvalue weighted by Gasteiger charge is -2.08. The number of amides is 2. The molecule has 126 valence electrons. The number of rotatable bonds is 7. The number of nitrogens with one attached hydrogen (secondary N) is 2. The largest absolute Gasteiger partial charge is 0.351 e. The standard InChI is InChI=1S/C19H23N3O2/c1-3-4-12-20-18(23)16-10-7-11-17(22-16)19(24)21-13-15-9-6-5-8-14(15)2/h5-11H,3-4,12-13H2,1-2H3,(H,20,23)(H,21,24). The number of aromatic nitrogens is 1. The molecule has 1 heterocycles. The average Bonchev–Trinajstić information content (AvgIpc) is 2.61. The zero-order valence-corrected chi connectivity index (χ0v) is 14.1. The predicted molar refractivity (Wildman–Crippen MR) is 93.8 cm³/mol. The molecule has 5 heteroatoms. The first-order valence-corrected chi connectivity index (χ1v) is 8.19. The summed E-state index contributed by atoms with van der Waals surface area (Å²) in [4.78, 5) is 28.4. The molecule has 2 rings (SSSR count). The second-order valence-corrected chi connectivity index (χ2v) is 5.63. The summed E-state index contributed by atoms with van der Waals surface area (Å²) in [6.07, 6.45) is 1.93. The molecule has 0 fully saturated rings. The van der Waals surface area contributed by atoms with Crippen molar-refractivity contribution in [2.45, 2.75) is 33.2 Å². The summed E-state index contributed by atoms with van der Waals surface area (Å²) in [5.74, 6) is -0.543. The molecular formula is C19H23N3O2. The van der Waals surface area contributed by atoms with Crippen LogP contribution in [-0.2, 0) is 6.54 Å². The summed E-state index contributed by atoms with van der Waals surface area (Å²) in [5, 5.41) is 5.64. The molecular weight excluding hydrogens is 302 g/mol. The number of aryl methyl sites for hydroxylation is 1. The van der Waals surface area contributed by atoms with E-state index in [1.165, 1.54) is 0 Å². The molecule has 0 unspecified atom stereocenters. The first-order valence-electron chi connectivity index (χ1n) is 8.19. The van der Waals surface area contributed by atoms with Gasteiger partial charge in [-0.25, -0.2) is 4.98 Å². The van der Waals surface area contributed by atoms with Crippen LogP contribution in [0.15, 0.2) is 42.5 Å². The molecule has 0 saturated carbocycles. The molecule has 0 aliphatic heterocycles. The highest BCUT2D eigenvalue weighted by Crippen LogP contribution is 2.07. The lowest BCUT2D eigenvalue weighted by Crippen LogP contribution is -2.28. The van der Waals surface area contributed by atoms with Crippen LogP contribution >= 0.6 is 0 Å². The van der Waals surface area contributed by atoms with Crippen molar-refractivity contribution in [1.82, 2.24) is 15.6 Å². The van der Waals surface area contributed by atoms with Gasteiger partial charge in [0, 0.05) is 13.1 Å². The van der Waals surface area contributed by atoms with Crippen LogP contribution < -0.4 is 10.6 Å². The molecule has 0 saturated heterocycles. The van der Waals surface area contributed by atoms with E-state index in [-0.39, 0.29) is 23.2 Å². The Morgan fingerprint density at radius 3 is 2.29 bits per heavy atom. The van der Waals surface area contributed by atoms with E-state index >= 15 is 0 Å². The molecule has 0 radical (unpaired) electrons. The fraction of sp³-hybridized carbons (Fsp3) is 0.316. The monoisotopic (exact) mass is 325 g/mol. The third-order valence-corrected chi connectivity index (χ3v) is 3.73. The van der Waals surface area contributed by atoms with Crippen LogP contribution in [0.3, 0.4) is 0 Å². The minimum atomic E-state index is -0.290. The molecule has 1 aromatic carbocycles. The van der Waals surface area contributed by atoms with Gasteiger partial charge in [0.1, 0.15) is 11.4 Å². The number of benzene rings is 1. The smallest absolute Gasteiger partial charge is 0.270 e. The molecule has 1 aromatic heterocycles. The number of carbonyl (C=O) groups is 2. The first kappa shape index (κ1) is 17.7. The van der Waals surface area contributed by atoms with Gasteiger partial charge in [0.2, 0.25) is 0 Å². The Morgan fingerprint density at radius 2 is 1.62 bits per heavy atom. The van der Waals surface area contributed by atoms with Gasteiger partial charge < -0.3 is 10.6 Å². The SMILES string of the molecule is CCCCNC(=O)c1cccc(C(=O)NCc2ccccc2C)n1. The average molecular weight is 325 g/mol. The third kappa shape index (κ3) is 4.91. The highest BCUT2D eigenvalue weighted by Gasteiger charge is 2.12. The van der Waals surface area contributed by atoms with Gasteiger partial charge in [-0.05, 0) is 36.6 Å². The van der Waals surface area contributed by atoms with Crippen LogP contribution in [0.1, 0.15) is 51.9 Å². The van der Waals surface area contributed by atoms with Gasteiger partial charge in [0.25, 0.3) is 11.8 Å². The molecule has 0 aliphatic carbocycles. The van der Waals surface area contributed by atoms with Gasteiger partial charge in [-0.2, -0.15) is 0 Å². The highest BCUT2D eigenvalue weighted by atomic mass is 16.2.